The lowest BCUT2D eigenvalue weighted by Crippen LogP contribution is -2.34. The van der Waals surface area contributed by atoms with Gasteiger partial charge in [-0.05, 0) is 40.6 Å². The van der Waals surface area contributed by atoms with E-state index in [9.17, 15) is 22.8 Å². The number of para-hydroxylation sites is 1. The van der Waals surface area contributed by atoms with Gasteiger partial charge in [0.05, 0.1) is 17.8 Å². The highest BCUT2D eigenvalue weighted by Gasteiger charge is 2.33. The van der Waals surface area contributed by atoms with Crippen molar-refractivity contribution in [3.05, 3.63) is 58.3 Å². The minimum absolute atomic E-state index is 0.338. The molecular formula is C17H15F3N2O2S. The molecule has 0 aliphatic carbocycles. The fourth-order valence-electron chi connectivity index (χ4n) is 1.99. The molecule has 0 fully saturated rings. The van der Waals surface area contributed by atoms with Gasteiger partial charge in [0.1, 0.15) is 0 Å². The summed E-state index contributed by atoms with van der Waals surface area (Å²) in [5, 5.41) is 5.91. The second kappa shape index (κ2) is 7.98. The van der Waals surface area contributed by atoms with Gasteiger partial charge in [0.25, 0.3) is 0 Å². The molecule has 4 nitrogen and oxygen atoms in total. The van der Waals surface area contributed by atoms with Crippen LogP contribution in [-0.2, 0) is 15.8 Å². The average Bonchev–Trinajstić information content (AvgIpc) is 3.05. The largest absolute Gasteiger partial charge is 0.418 e. The van der Waals surface area contributed by atoms with Gasteiger partial charge in [-0.15, -0.1) is 0 Å². The standard InChI is InChI=1S/C17H15F3N2O2S/c1-22(16(24)7-6-12-8-9-25-11-12)10-15(23)21-14-5-3-2-4-13(14)17(18,19)20/h2-9,11H,10H2,1H3,(H,21,23)/b7-6+. The van der Waals surface area contributed by atoms with E-state index in [0.717, 1.165) is 16.5 Å². The van der Waals surface area contributed by atoms with Crippen molar-refractivity contribution in [3.8, 4) is 0 Å². The normalized spacial score (nSPS) is 11.5. The highest BCUT2D eigenvalue weighted by molar-refractivity contribution is 7.08. The van der Waals surface area contributed by atoms with Crippen LogP contribution >= 0.6 is 11.3 Å². The quantitative estimate of drug-likeness (QED) is 0.815. The van der Waals surface area contributed by atoms with Crippen molar-refractivity contribution in [2.75, 3.05) is 18.9 Å². The van der Waals surface area contributed by atoms with Gasteiger partial charge in [-0.25, -0.2) is 0 Å². The topological polar surface area (TPSA) is 49.4 Å². The number of carbonyl (C=O) groups excluding carboxylic acids is 2. The number of likely N-dealkylation sites (N-methyl/N-ethyl adjacent to an activating group) is 1. The third-order valence-electron chi connectivity index (χ3n) is 3.23. The summed E-state index contributed by atoms with van der Waals surface area (Å²) in [6.07, 6.45) is -1.67. The number of nitrogens with one attached hydrogen (secondary N) is 1. The fraction of sp³-hybridized carbons (Fsp3) is 0.176. The van der Waals surface area contributed by atoms with Crippen LogP contribution in [0.15, 0.2) is 47.2 Å². The molecule has 1 N–H and O–H groups in total. The van der Waals surface area contributed by atoms with Crippen LogP contribution in [0, 0.1) is 0 Å². The molecule has 2 aromatic rings. The molecule has 1 aromatic carbocycles. The highest BCUT2D eigenvalue weighted by Crippen LogP contribution is 2.34. The van der Waals surface area contributed by atoms with Crippen molar-refractivity contribution in [3.63, 3.8) is 0 Å². The van der Waals surface area contributed by atoms with Crippen LogP contribution in [0.25, 0.3) is 6.08 Å². The van der Waals surface area contributed by atoms with Gasteiger partial charge in [0, 0.05) is 13.1 Å². The van der Waals surface area contributed by atoms with E-state index in [0.29, 0.717) is 0 Å². The van der Waals surface area contributed by atoms with E-state index in [1.807, 2.05) is 16.8 Å². The number of hydrogen-bond donors (Lipinski definition) is 1. The van der Waals surface area contributed by atoms with E-state index in [4.69, 9.17) is 0 Å². The maximum Gasteiger partial charge on any atom is 0.418 e. The SMILES string of the molecule is CN(CC(=O)Nc1ccccc1C(F)(F)F)C(=O)/C=C/c1ccsc1. The van der Waals surface area contributed by atoms with E-state index in [-0.39, 0.29) is 12.2 Å². The fourth-order valence-corrected chi connectivity index (χ4v) is 2.62. The summed E-state index contributed by atoms with van der Waals surface area (Å²) >= 11 is 1.48. The summed E-state index contributed by atoms with van der Waals surface area (Å²) in [4.78, 5) is 25.0. The first-order valence-electron chi connectivity index (χ1n) is 7.19. The van der Waals surface area contributed by atoms with E-state index >= 15 is 0 Å². The van der Waals surface area contributed by atoms with Gasteiger partial charge < -0.3 is 10.2 Å². The zero-order valence-corrected chi connectivity index (χ0v) is 14.0. The zero-order valence-electron chi connectivity index (χ0n) is 13.2. The summed E-state index contributed by atoms with van der Waals surface area (Å²) in [5.74, 6) is -1.14. The Kier molecular flexibility index (Phi) is 5.97. The van der Waals surface area contributed by atoms with Gasteiger partial charge in [-0.3, -0.25) is 9.59 Å². The van der Waals surface area contributed by atoms with Crippen LogP contribution < -0.4 is 5.32 Å². The van der Waals surface area contributed by atoms with Crippen LogP contribution in [0.1, 0.15) is 11.1 Å². The van der Waals surface area contributed by atoms with E-state index in [2.05, 4.69) is 5.32 Å². The minimum atomic E-state index is -4.57. The van der Waals surface area contributed by atoms with Crippen molar-refractivity contribution in [2.45, 2.75) is 6.18 Å². The Hall–Kier alpha value is -2.61. The number of alkyl halides is 3. The average molecular weight is 368 g/mol. The molecule has 1 heterocycles. The predicted molar refractivity (Wildman–Crippen MR) is 91.1 cm³/mol. The van der Waals surface area contributed by atoms with Crippen LogP contribution in [-0.4, -0.2) is 30.3 Å². The number of amides is 2. The first-order valence-corrected chi connectivity index (χ1v) is 8.13. The summed E-state index contributed by atoms with van der Waals surface area (Å²) in [6.45, 7) is -0.362. The third kappa shape index (κ3) is 5.46. The number of thiophene rings is 1. The maximum absolute atomic E-state index is 12.9. The van der Waals surface area contributed by atoms with E-state index in [1.54, 1.807) is 6.08 Å². The number of rotatable bonds is 5. The molecule has 8 heteroatoms. The number of anilines is 1. The number of halogens is 3. The molecule has 0 spiro atoms. The second-order valence-electron chi connectivity index (χ2n) is 5.18. The van der Waals surface area contributed by atoms with Crippen molar-refractivity contribution in [2.24, 2.45) is 0 Å². The minimum Gasteiger partial charge on any atom is -0.333 e. The maximum atomic E-state index is 12.9. The molecule has 0 saturated heterocycles. The van der Waals surface area contributed by atoms with E-state index < -0.39 is 23.6 Å². The molecule has 25 heavy (non-hydrogen) atoms. The smallest absolute Gasteiger partial charge is 0.333 e. The second-order valence-corrected chi connectivity index (χ2v) is 5.96. The zero-order chi connectivity index (χ0) is 18.4. The molecule has 132 valence electrons. The summed E-state index contributed by atoms with van der Waals surface area (Å²) in [5.41, 5.74) is -0.417. The molecular weight excluding hydrogens is 353 g/mol. The molecule has 0 unspecified atom stereocenters. The number of benzene rings is 1. The Morgan fingerprint density at radius 1 is 1.24 bits per heavy atom. The van der Waals surface area contributed by atoms with Gasteiger partial charge >= 0.3 is 6.18 Å². The highest BCUT2D eigenvalue weighted by atomic mass is 32.1. The van der Waals surface area contributed by atoms with Crippen LogP contribution in [0.2, 0.25) is 0 Å². The predicted octanol–water partition coefficient (Wildman–Crippen LogP) is 3.88. The molecule has 2 amide bonds. The van der Waals surface area contributed by atoms with Crippen LogP contribution in [0.3, 0.4) is 0 Å². The van der Waals surface area contributed by atoms with Gasteiger partial charge in [0.2, 0.25) is 11.8 Å². The van der Waals surface area contributed by atoms with Gasteiger partial charge in [0.15, 0.2) is 0 Å². The van der Waals surface area contributed by atoms with Crippen molar-refractivity contribution in [1.82, 2.24) is 4.90 Å². The van der Waals surface area contributed by atoms with Crippen molar-refractivity contribution in [1.29, 1.82) is 0 Å². The Bertz CT molecular complexity index is 770. The third-order valence-corrected chi connectivity index (χ3v) is 3.93. The lowest BCUT2D eigenvalue weighted by Gasteiger charge is -2.17. The lowest BCUT2D eigenvalue weighted by molar-refractivity contribution is -0.137. The van der Waals surface area contributed by atoms with E-state index in [1.165, 1.54) is 42.7 Å². The van der Waals surface area contributed by atoms with Gasteiger partial charge in [-0.2, -0.15) is 24.5 Å². The summed E-state index contributed by atoms with van der Waals surface area (Å²) in [6, 6.07) is 6.51. The Morgan fingerprint density at radius 2 is 1.96 bits per heavy atom. The molecule has 0 aliphatic rings. The van der Waals surface area contributed by atoms with Crippen molar-refractivity contribution >= 4 is 34.9 Å². The Labute approximate surface area is 146 Å². The molecule has 0 saturated carbocycles. The van der Waals surface area contributed by atoms with Gasteiger partial charge in [-0.1, -0.05) is 12.1 Å². The molecule has 0 aliphatic heterocycles. The molecule has 1 aromatic heterocycles. The number of hydrogen-bond acceptors (Lipinski definition) is 3. The molecule has 2 rings (SSSR count). The Balaban J connectivity index is 1.97. The monoisotopic (exact) mass is 368 g/mol. The molecule has 0 radical (unpaired) electrons. The molecule has 0 atom stereocenters. The number of nitrogens with zero attached hydrogens (tertiary/aromatic N) is 1. The molecule has 0 bridgehead atoms. The van der Waals surface area contributed by atoms with Crippen LogP contribution in [0.5, 0.6) is 0 Å². The summed E-state index contributed by atoms with van der Waals surface area (Å²) in [7, 11) is 1.40. The lowest BCUT2D eigenvalue weighted by atomic mass is 10.1. The van der Waals surface area contributed by atoms with Crippen molar-refractivity contribution < 1.29 is 22.8 Å². The summed E-state index contributed by atoms with van der Waals surface area (Å²) < 4.78 is 38.7. The van der Waals surface area contributed by atoms with Crippen LogP contribution in [0.4, 0.5) is 18.9 Å². The first kappa shape index (κ1) is 18.7. The Morgan fingerprint density at radius 3 is 2.60 bits per heavy atom. The first-order chi connectivity index (χ1) is 11.8. The number of carbonyl (C=O) groups is 2.